The molecule has 1 unspecified atom stereocenters. The Morgan fingerprint density at radius 2 is 2.19 bits per heavy atom. The highest BCUT2D eigenvalue weighted by atomic mass is 35.5. The van der Waals surface area contributed by atoms with Gasteiger partial charge in [0.1, 0.15) is 0 Å². The number of fused-ring (bicyclic) bond motifs is 1. The minimum Gasteiger partial charge on any atom is -0.348 e. The molecule has 3 nitrogen and oxygen atoms in total. The molecule has 1 atom stereocenters. The SMILES string of the molecule is CNCC(=O)NC1CCc2ccccc21.Cl. The topological polar surface area (TPSA) is 41.1 Å². The molecular weight excluding hydrogens is 224 g/mol. The Bertz CT molecular complexity index is 368. The van der Waals surface area contributed by atoms with Crippen LogP contribution in [-0.2, 0) is 11.2 Å². The van der Waals surface area contributed by atoms with Gasteiger partial charge in [0.05, 0.1) is 12.6 Å². The Morgan fingerprint density at radius 1 is 1.44 bits per heavy atom. The smallest absolute Gasteiger partial charge is 0.234 e. The molecule has 0 fully saturated rings. The number of halogens is 1. The molecule has 4 heteroatoms. The van der Waals surface area contributed by atoms with Crippen molar-refractivity contribution in [2.45, 2.75) is 18.9 Å². The number of hydrogen-bond acceptors (Lipinski definition) is 2. The van der Waals surface area contributed by atoms with Crippen LogP contribution in [0.4, 0.5) is 0 Å². The number of aryl methyl sites for hydroxylation is 1. The van der Waals surface area contributed by atoms with Crippen molar-refractivity contribution in [3.8, 4) is 0 Å². The minimum atomic E-state index is 0. The fraction of sp³-hybridized carbons (Fsp3) is 0.417. The summed E-state index contributed by atoms with van der Waals surface area (Å²) in [5, 5.41) is 5.89. The molecule has 0 heterocycles. The number of rotatable bonds is 3. The third-order valence-corrected chi connectivity index (χ3v) is 2.81. The van der Waals surface area contributed by atoms with E-state index in [4.69, 9.17) is 0 Å². The zero-order valence-corrected chi connectivity index (χ0v) is 10.1. The molecule has 2 rings (SSSR count). The average Bonchev–Trinajstić information content (AvgIpc) is 2.62. The summed E-state index contributed by atoms with van der Waals surface area (Å²) < 4.78 is 0. The van der Waals surface area contributed by atoms with Gasteiger partial charge >= 0.3 is 0 Å². The minimum absolute atomic E-state index is 0. The van der Waals surface area contributed by atoms with E-state index in [9.17, 15) is 4.79 Å². The second-order valence-electron chi connectivity index (χ2n) is 3.89. The molecule has 0 aromatic heterocycles. The molecule has 0 aliphatic heterocycles. The Balaban J connectivity index is 0.00000128. The normalized spacial score (nSPS) is 17.4. The molecule has 1 aromatic carbocycles. The van der Waals surface area contributed by atoms with E-state index in [-0.39, 0.29) is 24.4 Å². The summed E-state index contributed by atoms with van der Waals surface area (Å²) in [6.45, 7) is 0.388. The van der Waals surface area contributed by atoms with Crippen LogP contribution >= 0.6 is 12.4 Å². The zero-order chi connectivity index (χ0) is 10.7. The van der Waals surface area contributed by atoms with Gasteiger partial charge < -0.3 is 10.6 Å². The maximum absolute atomic E-state index is 11.4. The van der Waals surface area contributed by atoms with E-state index in [1.807, 2.05) is 6.07 Å². The van der Waals surface area contributed by atoms with E-state index in [2.05, 4.69) is 28.8 Å². The van der Waals surface area contributed by atoms with Gasteiger partial charge in [-0.25, -0.2) is 0 Å². The van der Waals surface area contributed by atoms with Gasteiger partial charge in [-0.05, 0) is 31.0 Å². The second kappa shape index (κ2) is 5.87. The summed E-state index contributed by atoms with van der Waals surface area (Å²) in [4.78, 5) is 11.4. The van der Waals surface area contributed by atoms with Gasteiger partial charge in [-0.2, -0.15) is 0 Å². The lowest BCUT2D eigenvalue weighted by Gasteiger charge is -2.13. The molecule has 1 aliphatic carbocycles. The molecule has 0 saturated carbocycles. The number of amides is 1. The first-order valence-corrected chi connectivity index (χ1v) is 5.33. The largest absolute Gasteiger partial charge is 0.348 e. The molecular formula is C12H17ClN2O. The fourth-order valence-electron chi connectivity index (χ4n) is 2.11. The van der Waals surface area contributed by atoms with Crippen LogP contribution in [0, 0.1) is 0 Å². The second-order valence-corrected chi connectivity index (χ2v) is 3.89. The van der Waals surface area contributed by atoms with Gasteiger partial charge in [0, 0.05) is 0 Å². The highest BCUT2D eigenvalue weighted by Crippen LogP contribution is 2.30. The first kappa shape index (κ1) is 13.0. The third-order valence-electron chi connectivity index (χ3n) is 2.81. The van der Waals surface area contributed by atoms with Crippen LogP contribution < -0.4 is 10.6 Å². The summed E-state index contributed by atoms with van der Waals surface area (Å²) in [6, 6.07) is 8.53. The first-order valence-electron chi connectivity index (χ1n) is 5.33. The van der Waals surface area contributed by atoms with Gasteiger partial charge in [-0.15, -0.1) is 12.4 Å². The van der Waals surface area contributed by atoms with Gasteiger partial charge in [0.25, 0.3) is 0 Å². The summed E-state index contributed by atoms with van der Waals surface area (Å²) in [7, 11) is 1.78. The average molecular weight is 241 g/mol. The molecule has 0 bridgehead atoms. The van der Waals surface area contributed by atoms with Crippen LogP contribution in [0.25, 0.3) is 0 Å². The van der Waals surface area contributed by atoms with E-state index in [1.54, 1.807) is 7.05 Å². The van der Waals surface area contributed by atoms with Crippen LogP contribution in [0.3, 0.4) is 0 Å². The number of nitrogens with one attached hydrogen (secondary N) is 2. The van der Waals surface area contributed by atoms with Gasteiger partial charge in [0.15, 0.2) is 0 Å². The van der Waals surface area contributed by atoms with Crippen molar-refractivity contribution >= 4 is 18.3 Å². The summed E-state index contributed by atoms with van der Waals surface area (Å²) in [5.74, 6) is 0.0687. The van der Waals surface area contributed by atoms with Crippen molar-refractivity contribution in [3.63, 3.8) is 0 Å². The van der Waals surface area contributed by atoms with Gasteiger partial charge in [-0.1, -0.05) is 24.3 Å². The zero-order valence-electron chi connectivity index (χ0n) is 9.32. The monoisotopic (exact) mass is 240 g/mol. The lowest BCUT2D eigenvalue weighted by molar-refractivity contribution is -0.120. The van der Waals surface area contributed by atoms with Crippen molar-refractivity contribution < 1.29 is 4.79 Å². The van der Waals surface area contributed by atoms with E-state index in [0.29, 0.717) is 6.54 Å². The lowest BCUT2D eigenvalue weighted by atomic mass is 10.1. The highest BCUT2D eigenvalue weighted by Gasteiger charge is 2.22. The van der Waals surface area contributed by atoms with Crippen LogP contribution in [0.1, 0.15) is 23.6 Å². The molecule has 0 spiro atoms. The lowest BCUT2D eigenvalue weighted by Crippen LogP contribution is -2.34. The van der Waals surface area contributed by atoms with Crippen molar-refractivity contribution in [2.24, 2.45) is 0 Å². The number of benzene rings is 1. The number of carbonyl (C=O) groups excluding carboxylic acids is 1. The van der Waals surface area contributed by atoms with Crippen LogP contribution in [0.5, 0.6) is 0 Å². The number of hydrogen-bond donors (Lipinski definition) is 2. The van der Waals surface area contributed by atoms with Crippen molar-refractivity contribution in [2.75, 3.05) is 13.6 Å². The molecule has 0 radical (unpaired) electrons. The fourth-order valence-corrected chi connectivity index (χ4v) is 2.11. The van der Waals surface area contributed by atoms with Crippen LogP contribution in [0.15, 0.2) is 24.3 Å². The first-order chi connectivity index (χ1) is 7.31. The Kier molecular flexibility index (Phi) is 4.77. The van der Waals surface area contributed by atoms with Crippen molar-refractivity contribution in [1.82, 2.24) is 10.6 Å². The van der Waals surface area contributed by atoms with Crippen molar-refractivity contribution in [1.29, 1.82) is 0 Å². The van der Waals surface area contributed by atoms with Gasteiger partial charge in [-0.3, -0.25) is 4.79 Å². The molecule has 1 aliphatic rings. The van der Waals surface area contributed by atoms with E-state index in [1.165, 1.54) is 11.1 Å². The molecule has 2 N–H and O–H groups in total. The molecule has 88 valence electrons. The van der Waals surface area contributed by atoms with Gasteiger partial charge in [0.2, 0.25) is 5.91 Å². The van der Waals surface area contributed by atoms with E-state index >= 15 is 0 Å². The van der Waals surface area contributed by atoms with Crippen LogP contribution in [-0.4, -0.2) is 19.5 Å². The molecule has 16 heavy (non-hydrogen) atoms. The summed E-state index contributed by atoms with van der Waals surface area (Å²) in [6.07, 6.45) is 2.09. The predicted molar refractivity (Wildman–Crippen MR) is 66.8 cm³/mol. The molecule has 0 saturated heterocycles. The van der Waals surface area contributed by atoms with E-state index < -0.39 is 0 Å². The van der Waals surface area contributed by atoms with Crippen molar-refractivity contribution in [3.05, 3.63) is 35.4 Å². The maximum Gasteiger partial charge on any atom is 0.234 e. The third kappa shape index (κ3) is 2.74. The quantitative estimate of drug-likeness (QED) is 0.839. The number of likely N-dealkylation sites (N-methyl/N-ethyl adjacent to an activating group) is 1. The Morgan fingerprint density at radius 3 is 2.94 bits per heavy atom. The maximum atomic E-state index is 11.4. The Labute approximate surface area is 102 Å². The predicted octanol–water partition coefficient (Wildman–Crippen LogP) is 1.43. The molecule has 1 amide bonds. The summed E-state index contributed by atoms with van der Waals surface area (Å²) in [5.41, 5.74) is 2.65. The number of carbonyl (C=O) groups is 1. The highest BCUT2D eigenvalue weighted by molar-refractivity contribution is 5.85. The van der Waals surface area contributed by atoms with E-state index in [0.717, 1.165) is 12.8 Å². The summed E-state index contributed by atoms with van der Waals surface area (Å²) >= 11 is 0. The molecule has 1 aromatic rings. The standard InChI is InChI=1S/C12H16N2O.ClH/c1-13-8-12(15)14-11-7-6-9-4-2-3-5-10(9)11;/h2-5,11,13H,6-8H2,1H3,(H,14,15);1H. The Hall–Kier alpha value is -1.06. The van der Waals surface area contributed by atoms with Crippen LogP contribution in [0.2, 0.25) is 0 Å².